The van der Waals surface area contributed by atoms with E-state index in [1.54, 1.807) is 11.0 Å². The number of fused-ring (bicyclic) bond motifs is 1. The number of methoxy groups -OCH3 is 1. The number of nitrogens with zero attached hydrogens (tertiary/aromatic N) is 4. The molecule has 0 fully saturated rings. The van der Waals surface area contributed by atoms with E-state index in [1.807, 2.05) is 6.92 Å². The topological polar surface area (TPSA) is 123 Å². The van der Waals surface area contributed by atoms with Gasteiger partial charge in [0.05, 0.1) is 30.7 Å². The second kappa shape index (κ2) is 7.87. The average Bonchev–Trinajstić information content (AvgIpc) is 3.20. The second-order valence-corrected chi connectivity index (χ2v) is 7.67. The molecule has 0 radical (unpaired) electrons. The fourth-order valence-corrected chi connectivity index (χ4v) is 3.98. The number of ether oxygens (including phenoxy) is 1. The fraction of sp³-hybridized carbons (Fsp3) is 0.400. The van der Waals surface area contributed by atoms with Gasteiger partial charge in [0.1, 0.15) is 0 Å². The average molecular weight is 394 g/mol. The van der Waals surface area contributed by atoms with Gasteiger partial charge in [-0.1, -0.05) is 23.1 Å². The van der Waals surface area contributed by atoms with Crippen molar-refractivity contribution >= 4 is 40.0 Å². The van der Waals surface area contributed by atoms with Crippen molar-refractivity contribution in [1.82, 2.24) is 25.4 Å². The molecule has 1 aliphatic rings. The minimum atomic E-state index is -0.173. The molecule has 0 spiro atoms. The number of anilines is 1. The van der Waals surface area contributed by atoms with Crippen LogP contribution < -0.4 is 15.8 Å². The zero-order valence-electron chi connectivity index (χ0n) is 14.3. The molecule has 2 aromatic heterocycles. The largest absolute Gasteiger partial charge is 0.481 e. The number of hydrogen-bond acceptors (Lipinski definition) is 9. The van der Waals surface area contributed by atoms with E-state index in [0.717, 1.165) is 0 Å². The predicted molar refractivity (Wildman–Crippen MR) is 98.1 cm³/mol. The monoisotopic (exact) mass is 394 g/mol. The maximum absolute atomic E-state index is 12.3. The Morgan fingerprint density at radius 2 is 2.31 bits per heavy atom. The number of aromatic nitrogens is 3. The van der Waals surface area contributed by atoms with Gasteiger partial charge < -0.3 is 20.7 Å². The molecule has 3 rings (SSSR count). The maximum atomic E-state index is 12.3. The quantitative estimate of drug-likeness (QED) is 0.664. The van der Waals surface area contributed by atoms with Crippen LogP contribution in [-0.2, 0) is 17.9 Å². The fourth-order valence-electron chi connectivity index (χ4n) is 2.51. The van der Waals surface area contributed by atoms with Crippen LogP contribution in [0.5, 0.6) is 5.88 Å². The smallest absolute Gasteiger partial charge is 0.256 e. The zero-order chi connectivity index (χ0) is 18.7. The number of nitrogens with two attached hydrogens (primary N) is 1. The van der Waals surface area contributed by atoms with Crippen LogP contribution in [-0.4, -0.2) is 51.3 Å². The third kappa shape index (κ3) is 3.88. The van der Waals surface area contributed by atoms with E-state index in [0.29, 0.717) is 45.3 Å². The van der Waals surface area contributed by atoms with Gasteiger partial charge in [0.25, 0.3) is 5.91 Å². The lowest BCUT2D eigenvalue weighted by Gasteiger charge is -2.10. The molecular formula is C15H18N6O3S2. The minimum absolute atomic E-state index is 0.0466. The summed E-state index contributed by atoms with van der Waals surface area (Å²) in [7, 11) is 1.52. The molecule has 0 unspecified atom stereocenters. The zero-order valence-corrected chi connectivity index (χ0v) is 15.9. The van der Waals surface area contributed by atoms with Crippen LogP contribution in [0.1, 0.15) is 28.5 Å². The summed E-state index contributed by atoms with van der Waals surface area (Å²) in [4.78, 5) is 30.5. The highest BCUT2D eigenvalue weighted by atomic mass is 32.2. The summed E-state index contributed by atoms with van der Waals surface area (Å²) >= 11 is 2.50. The van der Waals surface area contributed by atoms with Crippen LogP contribution >= 0.6 is 23.1 Å². The molecule has 0 aliphatic carbocycles. The highest BCUT2D eigenvalue weighted by molar-refractivity contribution is 8.01. The highest BCUT2D eigenvalue weighted by Gasteiger charge is 2.29. The Morgan fingerprint density at radius 1 is 1.50 bits per heavy atom. The molecule has 0 atom stereocenters. The molecule has 26 heavy (non-hydrogen) atoms. The second-order valence-electron chi connectivity index (χ2n) is 5.44. The molecule has 138 valence electrons. The van der Waals surface area contributed by atoms with Crippen molar-refractivity contribution in [2.45, 2.75) is 24.4 Å². The number of hydrogen-bond donors (Lipinski definition) is 2. The van der Waals surface area contributed by atoms with Gasteiger partial charge in [-0.2, -0.15) is 0 Å². The van der Waals surface area contributed by atoms with Gasteiger partial charge in [-0.15, -0.1) is 10.2 Å². The number of pyridine rings is 1. The molecule has 2 aromatic rings. The Balaban J connectivity index is 1.63. The summed E-state index contributed by atoms with van der Waals surface area (Å²) in [6.45, 7) is 3.25. The lowest BCUT2D eigenvalue weighted by atomic mass is 10.1. The first-order chi connectivity index (χ1) is 12.5. The SMILES string of the molecule is CCN1Cc2nc(OC)c(CNC(=O)CSc3nnc(N)s3)cc2C1=O. The van der Waals surface area contributed by atoms with E-state index in [4.69, 9.17) is 10.5 Å². The maximum Gasteiger partial charge on any atom is 0.256 e. The van der Waals surface area contributed by atoms with Crippen LogP contribution in [0.4, 0.5) is 5.13 Å². The van der Waals surface area contributed by atoms with Crippen LogP contribution in [0.25, 0.3) is 0 Å². The van der Waals surface area contributed by atoms with Crippen molar-refractivity contribution in [3.05, 3.63) is 22.9 Å². The molecule has 3 N–H and O–H groups in total. The lowest BCUT2D eigenvalue weighted by molar-refractivity contribution is -0.118. The normalized spacial score (nSPS) is 13.0. The number of rotatable bonds is 7. The number of amides is 2. The van der Waals surface area contributed by atoms with Crippen molar-refractivity contribution in [1.29, 1.82) is 0 Å². The standard InChI is InChI=1S/C15H18N6O3S2/c1-3-21-6-10-9(13(21)23)4-8(12(18-10)24-2)5-17-11(22)7-25-15-20-19-14(16)26-15/h4H,3,5-7H2,1-2H3,(H2,16,19)(H,17,22). The Morgan fingerprint density at radius 3 is 2.96 bits per heavy atom. The number of thioether (sulfide) groups is 1. The summed E-state index contributed by atoms with van der Waals surface area (Å²) in [5.41, 5.74) is 7.44. The summed E-state index contributed by atoms with van der Waals surface area (Å²) in [5.74, 6) is 0.388. The molecule has 0 saturated heterocycles. The van der Waals surface area contributed by atoms with Gasteiger partial charge in [-0.3, -0.25) is 9.59 Å². The molecule has 0 bridgehead atoms. The van der Waals surface area contributed by atoms with Crippen molar-refractivity contribution < 1.29 is 14.3 Å². The Hall–Kier alpha value is -2.40. The van der Waals surface area contributed by atoms with E-state index in [1.165, 1.54) is 30.2 Å². The first-order valence-electron chi connectivity index (χ1n) is 7.86. The van der Waals surface area contributed by atoms with Crippen molar-refractivity contribution in [3.63, 3.8) is 0 Å². The first kappa shape index (κ1) is 18.4. The van der Waals surface area contributed by atoms with E-state index in [9.17, 15) is 9.59 Å². The molecule has 9 nitrogen and oxygen atoms in total. The van der Waals surface area contributed by atoms with Crippen molar-refractivity contribution in [2.75, 3.05) is 25.1 Å². The lowest BCUT2D eigenvalue weighted by Crippen LogP contribution is -2.25. The highest BCUT2D eigenvalue weighted by Crippen LogP contribution is 2.27. The molecule has 0 saturated carbocycles. The predicted octanol–water partition coefficient (Wildman–Crippen LogP) is 0.908. The minimum Gasteiger partial charge on any atom is -0.481 e. The van der Waals surface area contributed by atoms with Crippen LogP contribution in [0.3, 0.4) is 0 Å². The van der Waals surface area contributed by atoms with E-state index in [-0.39, 0.29) is 24.1 Å². The molecule has 1 aliphatic heterocycles. The van der Waals surface area contributed by atoms with Gasteiger partial charge in [-0.05, 0) is 13.0 Å². The third-order valence-electron chi connectivity index (χ3n) is 3.80. The number of carbonyl (C=O) groups is 2. The number of carbonyl (C=O) groups excluding carboxylic acids is 2. The van der Waals surface area contributed by atoms with Gasteiger partial charge >= 0.3 is 0 Å². The van der Waals surface area contributed by atoms with Gasteiger partial charge in [0.2, 0.25) is 16.9 Å². The van der Waals surface area contributed by atoms with Gasteiger partial charge in [0, 0.05) is 18.7 Å². The Kier molecular flexibility index (Phi) is 5.57. The molecule has 2 amide bonds. The van der Waals surface area contributed by atoms with E-state index in [2.05, 4.69) is 20.5 Å². The summed E-state index contributed by atoms with van der Waals surface area (Å²) in [6, 6.07) is 1.75. The molecule has 3 heterocycles. The number of nitrogens with one attached hydrogen (secondary N) is 1. The molecular weight excluding hydrogens is 376 g/mol. The summed E-state index contributed by atoms with van der Waals surface area (Å²) in [6.07, 6.45) is 0. The van der Waals surface area contributed by atoms with Crippen LogP contribution in [0.2, 0.25) is 0 Å². The Bertz CT molecular complexity index is 841. The van der Waals surface area contributed by atoms with Crippen molar-refractivity contribution in [3.8, 4) is 5.88 Å². The third-order valence-corrected chi connectivity index (χ3v) is 5.68. The Labute approximate surface area is 158 Å². The van der Waals surface area contributed by atoms with Gasteiger partial charge in [-0.25, -0.2) is 4.98 Å². The van der Waals surface area contributed by atoms with Crippen LogP contribution in [0, 0.1) is 0 Å². The number of nitrogen functional groups attached to an aromatic ring is 1. The van der Waals surface area contributed by atoms with Crippen molar-refractivity contribution in [2.24, 2.45) is 0 Å². The van der Waals surface area contributed by atoms with Crippen LogP contribution in [0.15, 0.2) is 10.4 Å². The molecule has 0 aromatic carbocycles. The first-order valence-corrected chi connectivity index (χ1v) is 9.66. The van der Waals surface area contributed by atoms with Gasteiger partial charge in [0.15, 0.2) is 4.34 Å². The van der Waals surface area contributed by atoms with E-state index < -0.39 is 0 Å². The summed E-state index contributed by atoms with van der Waals surface area (Å²) in [5, 5.41) is 10.7. The molecule has 11 heteroatoms. The van der Waals surface area contributed by atoms with E-state index >= 15 is 0 Å². The summed E-state index contributed by atoms with van der Waals surface area (Å²) < 4.78 is 5.95.